The first kappa shape index (κ1) is 29.1. The third-order valence-electron chi connectivity index (χ3n) is 8.28. The molecule has 2 aliphatic rings. The van der Waals surface area contributed by atoms with E-state index in [-0.39, 0.29) is 40.4 Å². The topological polar surface area (TPSA) is 69.0 Å². The highest BCUT2D eigenvalue weighted by atomic mass is 35.5. The lowest BCUT2D eigenvalue weighted by Crippen LogP contribution is -2.47. The van der Waals surface area contributed by atoms with Crippen molar-refractivity contribution >= 4 is 39.8 Å². The van der Waals surface area contributed by atoms with Crippen LogP contribution in [0.3, 0.4) is 0 Å². The van der Waals surface area contributed by atoms with E-state index in [1.165, 1.54) is 24.8 Å². The first-order valence-corrected chi connectivity index (χ1v) is 14.7. The molecule has 7 nitrogen and oxygen atoms in total. The van der Waals surface area contributed by atoms with E-state index in [9.17, 15) is 23.5 Å². The number of halogens is 4. The summed E-state index contributed by atoms with van der Waals surface area (Å²) in [6, 6.07) is 12.0. The molecule has 4 aromatic rings. The van der Waals surface area contributed by atoms with Crippen LogP contribution in [-0.4, -0.2) is 59.8 Å². The van der Waals surface area contributed by atoms with Crippen LogP contribution in [0.4, 0.5) is 24.5 Å². The minimum atomic E-state index is -1.42. The summed E-state index contributed by atoms with van der Waals surface area (Å²) in [6.07, 6.45) is 4.75. The molecular formula is C32H30ClF3N4O3. The number of aromatic nitrogens is 1. The van der Waals surface area contributed by atoms with Crippen molar-refractivity contribution < 1.29 is 23.1 Å². The molecule has 11 heteroatoms. The number of piperazine rings is 1. The third kappa shape index (κ3) is 5.69. The van der Waals surface area contributed by atoms with Crippen molar-refractivity contribution in [1.29, 1.82) is 0 Å². The molecule has 2 fully saturated rings. The maximum Gasteiger partial charge on any atom is 0.341 e. The lowest BCUT2D eigenvalue weighted by atomic mass is 10.1. The molecule has 2 saturated heterocycles. The number of piperidine rings is 1. The van der Waals surface area contributed by atoms with Crippen LogP contribution in [0.1, 0.15) is 35.2 Å². The second kappa shape index (κ2) is 11.9. The number of aromatic carboxylic acids is 1. The van der Waals surface area contributed by atoms with Crippen molar-refractivity contribution in [2.24, 2.45) is 0 Å². The Morgan fingerprint density at radius 1 is 0.860 bits per heavy atom. The molecule has 0 saturated carbocycles. The number of rotatable bonds is 6. The molecule has 0 amide bonds. The minimum absolute atomic E-state index is 0.0214. The van der Waals surface area contributed by atoms with E-state index in [1.807, 2.05) is 18.2 Å². The van der Waals surface area contributed by atoms with Crippen molar-refractivity contribution in [3.05, 3.63) is 98.6 Å². The number of hydrogen-bond acceptors (Lipinski definition) is 5. The van der Waals surface area contributed by atoms with Gasteiger partial charge in [0.25, 0.3) is 0 Å². The van der Waals surface area contributed by atoms with Crippen LogP contribution >= 0.6 is 11.6 Å². The quantitative estimate of drug-likeness (QED) is 0.286. The molecule has 0 unspecified atom stereocenters. The molecule has 3 heterocycles. The maximum atomic E-state index is 15.7. The van der Waals surface area contributed by atoms with E-state index in [0.717, 1.165) is 50.2 Å². The number of anilines is 2. The normalized spacial score (nSPS) is 16.2. The summed E-state index contributed by atoms with van der Waals surface area (Å²) in [5.41, 5.74) is 0.831. The van der Waals surface area contributed by atoms with Gasteiger partial charge in [-0.15, -0.1) is 0 Å². The highest BCUT2D eigenvalue weighted by molar-refractivity contribution is 6.38. The zero-order chi connectivity index (χ0) is 30.2. The predicted molar refractivity (Wildman–Crippen MR) is 161 cm³/mol. The lowest BCUT2D eigenvalue weighted by Gasteiger charge is -2.38. The fraction of sp³-hybridized carbons (Fsp3) is 0.312. The number of likely N-dealkylation sites (tertiary alicyclic amines) is 1. The number of carboxylic acids is 1. The van der Waals surface area contributed by atoms with E-state index in [2.05, 4.69) is 4.90 Å². The molecule has 0 radical (unpaired) electrons. The zero-order valence-corrected chi connectivity index (χ0v) is 24.1. The van der Waals surface area contributed by atoms with E-state index < -0.39 is 34.4 Å². The van der Waals surface area contributed by atoms with Gasteiger partial charge in [-0.05, 0) is 61.8 Å². The van der Waals surface area contributed by atoms with Gasteiger partial charge in [0, 0.05) is 50.7 Å². The number of carbonyl (C=O) groups is 1. The summed E-state index contributed by atoms with van der Waals surface area (Å²) in [4.78, 5) is 31.1. The second-order valence-corrected chi connectivity index (χ2v) is 11.4. The van der Waals surface area contributed by atoms with Crippen molar-refractivity contribution in [2.45, 2.75) is 25.8 Å². The molecule has 0 bridgehead atoms. The Morgan fingerprint density at radius 3 is 2.28 bits per heavy atom. The van der Waals surface area contributed by atoms with Crippen LogP contribution < -0.4 is 15.2 Å². The van der Waals surface area contributed by atoms with Crippen molar-refractivity contribution in [3.8, 4) is 5.69 Å². The lowest BCUT2D eigenvalue weighted by molar-refractivity contribution is 0.0695. The molecule has 0 aliphatic carbocycles. The standard InChI is InChI=1S/C32H30ClF3N4O3/c33-28-29-23(17-26(36)30(28)39-13-11-38(12-14-39)27-8-7-21(34)16-25(27)35)31(41)24(32(42)43)19-40(29)22-6-4-5-20(15-22)18-37-9-2-1-3-10-37/h4-8,15-17,19H,1-3,9-14,18H2,(H,42,43). The molecule has 6 rings (SSSR count). The molecule has 1 aromatic heterocycles. The van der Waals surface area contributed by atoms with Crippen LogP contribution in [0.15, 0.2) is 59.5 Å². The van der Waals surface area contributed by atoms with Crippen LogP contribution in [0.25, 0.3) is 16.6 Å². The molecule has 43 heavy (non-hydrogen) atoms. The summed E-state index contributed by atoms with van der Waals surface area (Å²) in [5, 5.41) is 9.65. The van der Waals surface area contributed by atoms with Gasteiger partial charge >= 0.3 is 5.97 Å². The van der Waals surface area contributed by atoms with Crippen LogP contribution in [0.2, 0.25) is 5.02 Å². The van der Waals surface area contributed by atoms with Gasteiger partial charge in [0.05, 0.1) is 27.3 Å². The van der Waals surface area contributed by atoms with Crippen LogP contribution in [0, 0.1) is 17.5 Å². The van der Waals surface area contributed by atoms with Crippen molar-refractivity contribution in [3.63, 3.8) is 0 Å². The number of nitrogens with zero attached hydrogens (tertiary/aromatic N) is 4. The Hall–Kier alpha value is -4.02. The smallest absolute Gasteiger partial charge is 0.341 e. The Labute approximate surface area is 251 Å². The SMILES string of the molecule is O=C(O)c1cn(-c2cccc(CN3CCCCC3)c2)c2c(Cl)c(N3CCN(c4ccc(F)cc4F)CC3)c(F)cc2c1=O. The van der Waals surface area contributed by atoms with Gasteiger partial charge in [-0.25, -0.2) is 18.0 Å². The van der Waals surface area contributed by atoms with Crippen LogP contribution in [-0.2, 0) is 6.54 Å². The van der Waals surface area contributed by atoms with Gasteiger partial charge in [-0.1, -0.05) is 30.2 Å². The third-order valence-corrected chi connectivity index (χ3v) is 8.63. The fourth-order valence-corrected chi connectivity index (χ4v) is 6.54. The van der Waals surface area contributed by atoms with Gasteiger partial charge in [0.1, 0.15) is 23.0 Å². The molecule has 2 aliphatic heterocycles. The van der Waals surface area contributed by atoms with E-state index in [4.69, 9.17) is 11.6 Å². The summed E-state index contributed by atoms with van der Waals surface area (Å²) in [5.74, 6) is -3.53. The number of benzene rings is 3. The number of fused-ring (bicyclic) bond motifs is 1. The van der Waals surface area contributed by atoms with Crippen molar-refractivity contribution in [1.82, 2.24) is 9.47 Å². The highest BCUT2D eigenvalue weighted by Gasteiger charge is 2.27. The fourth-order valence-electron chi connectivity index (χ4n) is 6.14. The first-order valence-electron chi connectivity index (χ1n) is 14.3. The zero-order valence-electron chi connectivity index (χ0n) is 23.3. The Morgan fingerprint density at radius 2 is 1.58 bits per heavy atom. The summed E-state index contributed by atoms with van der Waals surface area (Å²) >= 11 is 6.92. The molecule has 224 valence electrons. The molecule has 1 N–H and O–H groups in total. The average Bonchev–Trinajstić information content (AvgIpc) is 2.99. The van der Waals surface area contributed by atoms with E-state index in [0.29, 0.717) is 18.8 Å². The predicted octanol–water partition coefficient (Wildman–Crippen LogP) is 6.07. The van der Waals surface area contributed by atoms with E-state index in [1.54, 1.807) is 20.4 Å². The highest BCUT2D eigenvalue weighted by Crippen LogP contribution is 2.37. The molecular weight excluding hydrogens is 581 g/mol. The molecule has 0 atom stereocenters. The summed E-state index contributed by atoms with van der Waals surface area (Å²) in [6.45, 7) is 3.93. The largest absolute Gasteiger partial charge is 0.477 e. The maximum absolute atomic E-state index is 15.7. The second-order valence-electron chi connectivity index (χ2n) is 11.0. The van der Waals surface area contributed by atoms with Crippen molar-refractivity contribution in [2.75, 3.05) is 49.1 Å². The van der Waals surface area contributed by atoms with Gasteiger partial charge in [0.2, 0.25) is 5.43 Å². The number of pyridine rings is 1. The van der Waals surface area contributed by atoms with Gasteiger partial charge in [0.15, 0.2) is 0 Å². The summed E-state index contributed by atoms with van der Waals surface area (Å²) < 4.78 is 45.1. The van der Waals surface area contributed by atoms with Gasteiger partial charge in [-0.2, -0.15) is 0 Å². The number of hydrogen-bond donors (Lipinski definition) is 1. The molecule has 0 spiro atoms. The van der Waals surface area contributed by atoms with Gasteiger partial charge < -0.3 is 19.5 Å². The Bertz CT molecular complexity index is 1770. The van der Waals surface area contributed by atoms with Crippen LogP contribution in [0.5, 0.6) is 0 Å². The average molecular weight is 611 g/mol. The Kier molecular flexibility index (Phi) is 8.07. The monoisotopic (exact) mass is 610 g/mol. The molecule has 3 aromatic carbocycles. The Balaban J connectivity index is 1.40. The summed E-state index contributed by atoms with van der Waals surface area (Å²) in [7, 11) is 0. The van der Waals surface area contributed by atoms with E-state index >= 15 is 4.39 Å². The van der Waals surface area contributed by atoms with Gasteiger partial charge in [-0.3, -0.25) is 9.69 Å². The number of carboxylic acid groups (broad SMARTS) is 1. The minimum Gasteiger partial charge on any atom is -0.477 e. The first-order chi connectivity index (χ1) is 20.7.